The minimum Gasteiger partial charge on any atom is -0.505 e. The van der Waals surface area contributed by atoms with E-state index >= 15 is 0 Å². The van der Waals surface area contributed by atoms with Gasteiger partial charge in [-0.3, -0.25) is 9.59 Å². The summed E-state index contributed by atoms with van der Waals surface area (Å²) in [5, 5.41) is 56.4. The lowest BCUT2D eigenvalue weighted by molar-refractivity contribution is -0.172. The van der Waals surface area contributed by atoms with E-state index in [-0.39, 0.29) is 12.8 Å². The predicted molar refractivity (Wildman–Crippen MR) is 256 cm³/mol. The fourth-order valence-electron chi connectivity index (χ4n) is 7.71. The molecule has 0 fully saturated rings. The Bertz CT molecular complexity index is 2470. The topological polar surface area (TPSA) is 261 Å². The van der Waals surface area contributed by atoms with Crippen LogP contribution in [0.25, 0.3) is 0 Å². The number of allylic oxidation sites excluding steroid dienone is 20. The average Bonchev–Trinajstić information content (AvgIpc) is 3.76. The van der Waals surface area contributed by atoms with Crippen LogP contribution in [0.4, 0.5) is 0 Å². The van der Waals surface area contributed by atoms with Gasteiger partial charge >= 0.3 is 23.9 Å². The van der Waals surface area contributed by atoms with Crippen LogP contribution >= 0.6 is 0 Å². The lowest BCUT2D eigenvalue weighted by atomic mass is 9.71. The summed E-state index contributed by atoms with van der Waals surface area (Å²) in [5.41, 5.74) is 5.04. The molecule has 2 aliphatic carbocycles. The van der Waals surface area contributed by atoms with Crippen LogP contribution in [0.3, 0.4) is 0 Å². The number of Topliss-reactive ketones (excluding diaryl/α,β-unsaturated/α-hetero) is 2. The number of carbonyl (C=O) groups is 6. The number of carbonyl (C=O) groups excluding carboxylic acids is 6. The molecule has 0 amide bonds. The molecule has 372 valence electrons. The molecule has 16 heteroatoms. The van der Waals surface area contributed by atoms with Gasteiger partial charge in [-0.15, -0.1) is 0 Å². The van der Waals surface area contributed by atoms with Gasteiger partial charge in [0.05, 0.1) is 0 Å². The lowest BCUT2D eigenvalue weighted by Crippen LogP contribution is -2.44. The van der Waals surface area contributed by atoms with Gasteiger partial charge in [-0.05, 0) is 74.7 Å². The van der Waals surface area contributed by atoms with Crippen LogP contribution in [0.15, 0.2) is 153 Å². The number of aliphatic hydroxyl groups is 6. The van der Waals surface area contributed by atoms with Crippen molar-refractivity contribution < 1.29 is 78.4 Å². The van der Waals surface area contributed by atoms with Gasteiger partial charge in [0.1, 0.15) is 0 Å². The lowest BCUT2D eigenvalue weighted by Gasteiger charge is -2.36. The number of ether oxygens (including phenoxy) is 4. The van der Waals surface area contributed by atoms with E-state index in [2.05, 4.69) is 4.74 Å². The normalized spacial score (nSPS) is 24.7. The summed E-state index contributed by atoms with van der Waals surface area (Å²) < 4.78 is 20.0. The Balaban J connectivity index is 0.00000622. The van der Waals surface area contributed by atoms with Crippen molar-refractivity contribution in [2.75, 3.05) is 7.11 Å². The first-order chi connectivity index (χ1) is 32.2. The molecule has 2 heterocycles. The Hall–Kier alpha value is -6.88. The molecular weight excluding hydrogens is 893 g/mol. The molecule has 69 heavy (non-hydrogen) atoms. The molecule has 16 nitrogen and oxygen atoms in total. The van der Waals surface area contributed by atoms with Crippen molar-refractivity contribution in [2.45, 2.75) is 119 Å². The van der Waals surface area contributed by atoms with Gasteiger partial charge in [0.2, 0.25) is 11.5 Å². The number of hydrogen-bond donors (Lipinski definition) is 6. The second-order valence-corrected chi connectivity index (χ2v) is 18.1. The first-order valence-electron chi connectivity index (χ1n) is 22.0. The van der Waals surface area contributed by atoms with Gasteiger partial charge in [0.25, 0.3) is 0 Å². The molecule has 6 N–H and O–H groups in total. The Morgan fingerprint density at radius 2 is 1.01 bits per heavy atom. The van der Waals surface area contributed by atoms with Crippen LogP contribution in [0.1, 0.15) is 82.1 Å². The van der Waals surface area contributed by atoms with Crippen molar-refractivity contribution in [3.8, 4) is 0 Å². The van der Waals surface area contributed by atoms with Crippen molar-refractivity contribution in [1.29, 1.82) is 0 Å². The first-order valence-corrected chi connectivity index (χ1v) is 22.0. The Kier molecular flexibility index (Phi) is 20.0. The molecule has 6 unspecified atom stereocenters. The summed E-state index contributed by atoms with van der Waals surface area (Å²) in [6, 6.07) is 0. The molecule has 0 radical (unpaired) electrons. The molecule has 6 atom stereocenters. The van der Waals surface area contributed by atoms with Crippen LogP contribution < -0.4 is 0 Å². The molecule has 0 aromatic carbocycles. The summed E-state index contributed by atoms with van der Waals surface area (Å²) in [7, 11) is 1.00. The highest BCUT2D eigenvalue weighted by atomic mass is 16.6. The van der Waals surface area contributed by atoms with Crippen molar-refractivity contribution >= 4 is 35.4 Å². The van der Waals surface area contributed by atoms with E-state index in [4.69, 9.17) is 19.3 Å². The van der Waals surface area contributed by atoms with Gasteiger partial charge in [0.15, 0.2) is 53.9 Å². The Morgan fingerprint density at radius 3 is 1.39 bits per heavy atom. The number of cyclic esters (lactones) is 2. The summed E-state index contributed by atoms with van der Waals surface area (Å²) in [6.07, 6.45) is 18.5. The summed E-state index contributed by atoms with van der Waals surface area (Å²) in [5.74, 6) is -8.45. The SMILES string of the molecule is CC1=C(/C=C/C(C)=C/C=C/C(C)=C/C=C/C=C(C)/C=C/C=C(C)/C=C/C2=C(C)C(=O)C(OC(=O)C(O)C3OC(=O)C(O)=C3O)CC2(C)C)C(C)(C)CC(OC(=O)C(O)C2C=C(O)C(=O)O2)C1=O.CO. The predicted octanol–water partition coefficient (Wildman–Crippen LogP) is 6.96. The second-order valence-electron chi connectivity index (χ2n) is 18.1. The average molecular weight is 957 g/mol. The standard InChI is InChI=1S/C52H60O15.CH4O/c1-28(17-13-19-30(3)21-23-34-32(5)40(54)38(26-51(34,7)8)65-48(61)42(56)37-25-36(53)47(60)64-37)15-11-12-16-29(2)18-14-20-31(4)22-24-35-33(6)41(55)39(27-52(35,9)10)66-50(63)45(59)46-43(57)44(58)49(62)67-46;1-2/h11-25,37-39,42,45-46,53,56-59H,26-27H2,1-10H3;2H,1H3/b12-11+,17-13+,18-14+,23-21+,24-22+,28-15+,29-16+,30-19+,31-20+;. The summed E-state index contributed by atoms with van der Waals surface area (Å²) >= 11 is 0. The maximum atomic E-state index is 13.2. The van der Waals surface area contributed by atoms with Crippen LogP contribution in [0.2, 0.25) is 0 Å². The fraction of sp³-hybridized carbons (Fsp3) is 0.396. The molecule has 4 aliphatic rings. The van der Waals surface area contributed by atoms with Crippen LogP contribution in [-0.2, 0) is 47.7 Å². The van der Waals surface area contributed by atoms with Crippen molar-refractivity contribution in [1.82, 2.24) is 0 Å². The quantitative estimate of drug-likeness (QED) is 0.0519. The second kappa shape index (κ2) is 24.4. The minimum absolute atomic E-state index is 0.111. The van der Waals surface area contributed by atoms with E-state index in [9.17, 15) is 54.3 Å². The van der Waals surface area contributed by atoms with Gasteiger partial charge in [-0.1, -0.05) is 135 Å². The third-order valence-electron chi connectivity index (χ3n) is 11.6. The first kappa shape index (κ1) is 56.4. The number of ketones is 2. The molecule has 0 bridgehead atoms. The van der Waals surface area contributed by atoms with Crippen molar-refractivity contribution in [3.05, 3.63) is 153 Å². The van der Waals surface area contributed by atoms with Crippen molar-refractivity contribution in [2.24, 2.45) is 10.8 Å². The van der Waals surface area contributed by atoms with E-state index < -0.39 is 100 Å². The van der Waals surface area contributed by atoms with Gasteiger partial charge in [-0.2, -0.15) is 0 Å². The number of rotatable bonds is 16. The van der Waals surface area contributed by atoms with E-state index in [1.165, 1.54) is 0 Å². The molecule has 0 saturated heterocycles. The van der Waals surface area contributed by atoms with Gasteiger partial charge < -0.3 is 49.6 Å². The highest BCUT2D eigenvalue weighted by Crippen LogP contribution is 2.42. The molecule has 4 rings (SSSR count). The van der Waals surface area contributed by atoms with E-state index in [1.54, 1.807) is 13.8 Å². The van der Waals surface area contributed by atoms with Crippen LogP contribution in [0, 0.1) is 10.8 Å². The molecule has 0 aromatic rings. The molecular formula is C53H64O16. The Morgan fingerprint density at radius 1 is 0.623 bits per heavy atom. The van der Waals surface area contributed by atoms with Crippen LogP contribution in [-0.4, -0.2) is 110 Å². The summed E-state index contributed by atoms with van der Waals surface area (Å²) in [6.45, 7) is 18.7. The third-order valence-corrected chi connectivity index (χ3v) is 11.6. The van der Waals surface area contributed by atoms with Gasteiger partial charge in [-0.25, -0.2) is 19.2 Å². The van der Waals surface area contributed by atoms with E-state index in [1.807, 2.05) is 140 Å². The zero-order chi connectivity index (χ0) is 52.1. The van der Waals surface area contributed by atoms with Gasteiger partial charge in [0, 0.05) is 26.0 Å². The summed E-state index contributed by atoms with van der Waals surface area (Å²) in [4.78, 5) is 74.6. The smallest absolute Gasteiger partial charge is 0.378 e. The monoisotopic (exact) mass is 956 g/mol. The minimum atomic E-state index is -2.15. The highest BCUT2D eigenvalue weighted by Gasteiger charge is 2.46. The zero-order valence-electron chi connectivity index (χ0n) is 40.8. The molecule has 2 aliphatic heterocycles. The number of aliphatic hydroxyl groups excluding tert-OH is 6. The largest absolute Gasteiger partial charge is 0.505 e. The zero-order valence-corrected chi connectivity index (χ0v) is 40.8. The van der Waals surface area contributed by atoms with E-state index in [0.717, 1.165) is 46.6 Å². The maximum Gasteiger partial charge on any atom is 0.378 e. The van der Waals surface area contributed by atoms with Crippen LogP contribution in [0.5, 0.6) is 0 Å². The highest BCUT2D eigenvalue weighted by molar-refractivity contribution is 6.03. The molecule has 0 spiro atoms. The fourth-order valence-corrected chi connectivity index (χ4v) is 7.71. The Labute approximate surface area is 402 Å². The third kappa shape index (κ3) is 14.8. The number of hydrogen-bond acceptors (Lipinski definition) is 16. The maximum absolute atomic E-state index is 13.2. The molecule has 0 saturated carbocycles. The number of esters is 4. The van der Waals surface area contributed by atoms with Crippen molar-refractivity contribution in [3.63, 3.8) is 0 Å². The molecule has 0 aromatic heterocycles. The van der Waals surface area contributed by atoms with E-state index in [0.29, 0.717) is 11.1 Å².